The quantitative estimate of drug-likeness (QED) is 0.384. The van der Waals surface area contributed by atoms with Crippen molar-refractivity contribution < 1.29 is 23.5 Å². The Hall–Kier alpha value is -4.29. The molecule has 36 heavy (non-hydrogen) atoms. The molecule has 2 amide bonds. The van der Waals surface area contributed by atoms with Crippen molar-refractivity contribution in [3.05, 3.63) is 35.5 Å². The number of nitrogens with zero attached hydrogens (tertiary/aromatic N) is 6. The van der Waals surface area contributed by atoms with E-state index in [9.17, 15) is 19.1 Å². The minimum absolute atomic E-state index is 0.0520. The monoisotopic (exact) mass is 496 g/mol. The molecule has 1 saturated heterocycles. The van der Waals surface area contributed by atoms with Gasteiger partial charge >= 0.3 is 12.1 Å². The van der Waals surface area contributed by atoms with Crippen molar-refractivity contribution in [1.82, 2.24) is 29.6 Å². The number of carbonyl (C=O) groups is 2. The van der Waals surface area contributed by atoms with Crippen LogP contribution in [0.3, 0.4) is 0 Å². The molecule has 0 bridgehead atoms. The van der Waals surface area contributed by atoms with Crippen molar-refractivity contribution in [2.45, 2.75) is 45.1 Å². The summed E-state index contributed by atoms with van der Waals surface area (Å²) in [6, 6.07) is 3.34. The Labute approximate surface area is 204 Å². The largest absolute Gasteiger partial charge is 0.465 e. The summed E-state index contributed by atoms with van der Waals surface area (Å²) in [6.45, 7) is 6.42. The number of anilines is 2. The van der Waals surface area contributed by atoms with Gasteiger partial charge in [0.1, 0.15) is 23.0 Å². The highest BCUT2D eigenvalue weighted by Crippen LogP contribution is 2.32. The van der Waals surface area contributed by atoms with Gasteiger partial charge in [0.25, 0.3) is 5.91 Å². The Bertz CT molecular complexity index is 1510. The summed E-state index contributed by atoms with van der Waals surface area (Å²) >= 11 is 0. The van der Waals surface area contributed by atoms with Crippen LogP contribution in [0.5, 0.6) is 0 Å². The first-order valence-corrected chi connectivity index (χ1v) is 11.4. The van der Waals surface area contributed by atoms with E-state index in [1.807, 2.05) is 20.8 Å². The summed E-state index contributed by atoms with van der Waals surface area (Å²) in [5.74, 6) is -0.615. The number of carboxylic acid groups (broad SMARTS) is 1. The first kappa shape index (κ1) is 23.5. The third-order valence-corrected chi connectivity index (χ3v) is 6.05. The van der Waals surface area contributed by atoms with Crippen LogP contribution in [-0.4, -0.2) is 59.8 Å². The van der Waals surface area contributed by atoms with Crippen LogP contribution in [-0.2, 0) is 5.41 Å². The van der Waals surface area contributed by atoms with Crippen molar-refractivity contribution in [2.75, 3.05) is 24.1 Å². The molecule has 0 radical (unpaired) electrons. The van der Waals surface area contributed by atoms with E-state index in [1.165, 1.54) is 23.1 Å². The zero-order valence-electron chi connectivity index (χ0n) is 19.9. The lowest BCUT2D eigenvalue weighted by Crippen LogP contribution is -2.40. The van der Waals surface area contributed by atoms with Crippen molar-refractivity contribution >= 4 is 46.0 Å². The zero-order chi connectivity index (χ0) is 25.8. The number of nitrogens with two attached hydrogens (primary N) is 1. The lowest BCUT2D eigenvalue weighted by Gasteiger charge is -2.31. The van der Waals surface area contributed by atoms with Crippen molar-refractivity contribution in [1.29, 1.82) is 0 Å². The predicted molar refractivity (Wildman–Crippen MR) is 128 cm³/mol. The van der Waals surface area contributed by atoms with Crippen LogP contribution >= 0.6 is 0 Å². The van der Waals surface area contributed by atoms with E-state index in [2.05, 4.69) is 25.4 Å². The van der Waals surface area contributed by atoms with Gasteiger partial charge in [0.15, 0.2) is 16.9 Å². The SMILES string of the molecule is CC(C)(C)c1nc(N)c2c(C(=O)Nc3nc4cc(F)ccc4o3)nn([C@@H]3CCCN(C(=O)O)C3)c2n1. The fourth-order valence-electron chi connectivity index (χ4n) is 4.25. The molecular weight excluding hydrogens is 471 g/mol. The maximum Gasteiger partial charge on any atom is 0.407 e. The fourth-order valence-corrected chi connectivity index (χ4v) is 4.25. The number of aromatic nitrogens is 5. The van der Waals surface area contributed by atoms with Crippen LogP contribution < -0.4 is 11.1 Å². The van der Waals surface area contributed by atoms with Crippen LogP contribution in [0.2, 0.25) is 0 Å². The molecule has 1 aromatic carbocycles. The maximum atomic E-state index is 13.5. The second-order valence-corrected chi connectivity index (χ2v) is 9.78. The molecule has 5 rings (SSSR count). The number of benzene rings is 1. The first-order valence-electron chi connectivity index (χ1n) is 11.4. The predicted octanol–water partition coefficient (Wildman–Crippen LogP) is 3.55. The van der Waals surface area contributed by atoms with E-state index in [-0.39, 0.29) is 41.0 Å². The van der Waals surface area contributed by atoms with Gasteiger partial charge in [0.05, 0.1) is 11.4 Å². The molecule has 0 aliphatic carbocycles. The number of oxazole rings is 1. The van der Waals surface area contributed by atoms with Gasteiger partial charge < -0.3 is 20.2 Å². The van der Waals surface area contributed by atoms with Gasteiger partial charge in [0, 0.05) is 24.6 Å². The molecule has 0 unspecified atom stereocenters. The van der Waals surface area contributed by atoms with Gasteiger partial charge in [-0.15, -0.1) is 0 Å². The average Bonchev–Trinajstić information content (AvgIpc) is 3.39. The molecule has 188 valence electrons. The molecule has 0 spiro atoms. The summed E-state index contributed by atoms with van der Waals surface area (Å²) in [7, 11) is 0. The van der Waals surface area contributed by atoms with Gasteiger partial charge in [0.2, 0.25) is 0 Å². The normalized spacial score (nSPS) is 16.6. The number of halogens is 1. The second kappa shape index (κ2) is 8.43. The van der Waals surface area contributed by atoms with Gasteiger partial charge in [-0.1, -0.05) is 20.8 Å². The Morgan fingerprint density at radius 1 is 1.25 bits per heavy atom. The van der Waals surface area contributed by atoms with Crippen LogP contribution in [0.15, 0.2) is 22.6 Å². The Kier molecular flexibility index (Phi) is 5.49. The van der Waals surface area contributed by atoms with E-state index in [1.54, 1.807) is 4.68 Å². The molecule has 1 atom stereocenters. The Morgan fingerprint density at radius 2 is 2.03 bits per heavy atom. The van der Waals surface area contributed by atoms with Crippen LogP contribution in [0.4, 0.5) is 21.0 Å². The summed E-state index contributed by atoms with van der Waals surface area (Å²) in [6.07, 6.45) is 0.255. The number of likely N-dealkylation sites (tertiary alicyclic amines) is 1. The number of amides is 2. The van der Waals surface area contributed by atoms with E-state index in [4.69, 9.17) is 10.2 Å². The third-order valence-electron chi connectivity index (χ3n) is 6.05. The van der Waals surface area contributed by atoms with Gasteiger partial charge in [-0.25, -0.2) is 23.8 Å². The van der Waals surface area contributed by atoms with Crippen LogP contribution in [0, 0.1) is 5.82 Å². The standard InChI is InChI=1S/C23H25FN8O4/c1-23(2,3)20-27-17(25)15-16(19(33)29-21-26-13-9-11(24)6-7-14(13)36-21)30-32(18(15)28-20)12-5-4-8-31(10-12)22(34)35/h6-7,9,12H,4-5,8,10H2,1-3H3,(H,34,35)(H2,25,27,28)(H,26,29,33)/t12-/m1/s1. The maximum absolute atomic E-state index is 13.5. The number of fused-ring (bicyclic) bond motifs is 2. The minimum atomic E-state index is -1.02. The topological polar surface area (TPSA) is 165 Å². The molecule has 1 aliphatic rings. The van der Waals surface area contributed by atoms with Gasteiger partial charge in [-0.2, -0.15) is 10.1 Å². The van der Waals surface area contributed by atoms with Gasteiger partial charge in [-0.3, -0.25) is 10.1 Å². The number of nitrogen functional groups attached to an aromatic ring is 1. The molecule has 4 heterocycles. The molecule has 1 fully saturated rings. The molecule has 12 nitrogen and oxygen atoms in total. The smallest absolute Gasteiger partial charge is 0.407 e. The number of hydrogen-bond donors (Lipinski definition) is 3. The minimum Gasteiger partial charge on any atom is -0.465 e. The molecule has 4 aromatic rings. The van der Waals surface area contributed by atoms with Crippen molar-refractivity contribution in [3.8, 4) is 0 Å². The zero-order valence-corrected chi connectivity index (χ0v) is 19.9. The van der Waals surface area contributed by atoms with E-state index in [0.717, 1.165) is 0 Å². The Morgan fingerprint density at radius 3 is 2.75 bits per heavy atom. The summed E-state index contributed by atoms with van der Waals surface area (Å²) in [5, 5.41) is 16.8. The lowest BCUT2D eigenvalue weighted by atomic mass is 9.95. The number of nitrogens with one attached hydrogen (secondary N) is 1. The second-order valence-electron chi connectivity index (χ2n) is 9.78. The highest BCUT2D eigenvalue weighted by molar-refractivity contribution is 6.12. The number of hydrogen-bond acceptors (Lipinski definition) is 8. The van der Waals surface area contributed by atoms with Crippen molar-refractivity contribution in [3.63, 3.8) is 0 Å². The highest BCUT2D eigenvalue weighted by atomic mass is 19.1. The summed E-state index contributed by atoms with van der Waals surface area (Å²) < 4.78 is 20.6. The molecule has 1 aliphatic heterocycles. The first-order chi connectivity index (χ1) is 17.0. The molecular formula is C23H25FN8O4. The number of carbonyl (C=O) groups excluding carboxylic acids is 1. The van der Waals surface area contributed by atoms with Crippen molar-refractivity contribution in [2.24, 2.45) is 0 Å². The fraction of sp³-hybridized carbons (Fsp3) is 0.391. The Balaban J connectivity index is 1.59. The van der Waals surface area contributed by atoms with Crippen LogP contribution in [0.1, 0.15) is 56.0 Å². The summed E-state index contributed by atoms with van der Waals surface area (Å²) in [5.41, 5.74) is 6.71. The molecule has 0 saturated carbocycles. The number of rotatable bonds is 3. The van der Waals surface area contributed by atoms with Gasteiger partial charge in [-0.05, 0) is 25.0 Å². The van der Waals surface area contributed by atoms with Crippen LogP contribution in [0.25, 0.3) is 22.1 Å². The van der Waals surface area contributed by atoms with E-state index in [0.29, 0.717) is 36.4 Å². The highest BCUT2D eigenvalue weighted by Gasteiger charge is 2.32. The summed E-state index contributed by atoms with van der Waals surface area (Å²) in [4.78, 5) is 39.4. The van der Waals surface area contributed by atoms with E-state index < -0.39 is 23.2 Å². The lowest BCUT2D eigenvalue weighted by molar-refractivity contribution is 0.101. The third kappa shape index (κ3) is 4.16. The van der Waals surface area contributed by atoms with E-state index >= 15 is 0 Å². The molecule has 13 heteroatoms. The average molecular weight is 497 g/mol. The molecule has 4 N–H and O–H groups in total. The molecule has 3 aromatic heterocycles. The number of piperidine rings is 1.